The van der Waals surface area contributed by atoms with Crippen LogP contribution in [0.3, 0.4) is 0 Å². The van der Waals surface area contributed by atoms with E-state index < -0.39 is 54.2 Å². The summed E-state index contributed by atoms with van der Waals surface area (Å²) in [4.78, 5) is 47.3. The van der Waals surface area contributed by atoms with Crippen molar-refractivity contribution >= 4 is 23.9 Å². The molecule has 1 aromatic carbocycles. The highest BCUT2D eigenvalue weighted by molar-refractivity contribution is 6.01. The van der Waals surface area contributed by atoms with Crippen LogP contribution >= 0.6 is 0 Å². The van der Waals surface area contributed by atoms with Crippen LogP contribution in [0.4, 0.5) is 0 Å². The molecule has 0 fully saturated rings. The first-order valence-electron chi connectivity index (χ1n) is 9.67. The maximum atomic E-state index is 12.7. The number of hydrogen-bond acceptors (Lipinski definition) is 8. The topological polar surface area (TPSA) is 125 Å². The van der Waals surface area contributed by atoms with E-state index in [1.807, 2.05) is 0 Å². The molecule has 0 unspecified atom stereocenters. The lowest BCUT2D eigenvalue weighted by Gasteiger charge is -2.26. The van der Waals surface area contributed by atoms with Gasteiger partial charge in [0.1, 0.15) is 31.0 Å². The van der Waals surface area contributed by atoms with Gasteiger partial charge in [-0.15, -0.1) is 0 Å². The van der Waals surface area contributed by atoms with Crippen LogP contribution in [-0.4, -0.2) is 53.4 Å². The van der Waals surface area contributed by atoms with Gasteiger partial charge in [-0.1, -0.05) is 24.3 Å². The van der Waals surface area contributed by atoms with Crippen molar-refractivity contribution in [3.63, 3.8) is 0 Å². The number of esters is 3. The molecule has 0 spiro atoms. The Morgan fingerprint density at radius 3 is 1.74 bits per heavy atom. The molecule has 0 aliphatic heterocycles. The van der Waals surface area contributed by atoms with Gasteiger partial charge in [-0.2, -0.15) is 0 Å². The number of carbonyl (C=O) groups is 4. The lowest BCUT2D eigenvalue weighted by atomic mass is 9.97. The van der Waals surface area contributed by atoms with Crippen molar-refractivity contribution in [1.82, 2.24) is 0 Å². The first kappa shape index (κ1) is 26.1. The van der Waals surface area contributed by atoms with Gasteiger partial charge in [-0.25, -0.2) is 9.59 Å². The summed E-state index contributed by atoms with van der Waals surface area (Å²) in [5.74, 6) is -4.62. The van der Waals surface area contributed by atoms with Crippen molar-refractivity contribution in [2.24, 2.45) is 0 Å². The molecule has 0 saturated carbocycles. The minimum Gasteiger partial charge on any atom is -0.480 e. The van der Waals surface area contributed by atoms with Crippen LogP contribution in [0.5, 0.6) is 0 Å². The van der Waals surface area contributed by atoms with E-state index >= 15 is 0 Å². The molecule has 1 N–H and O–H groups in total. The van der Waals surface area contributed by atoms with Crippen molar-refractivity contribution in [2.45, 2.75) is 65.3 Å². The van der Waals surface area contributed by atoms with E-state index in [2.05, 4.69) is 4.74 Å². The van der Waals surface area contributed by atoms with Crippen LogP contribution in [0.15, 0.2) is 24.3 Å². The van der Waals surface area contributed by atoms with Crippen LogP contribution in [0.1, 0.15) is 58.6 Å². The molecule has 0 heterocycles. The third kappa shape index (κ3) is 10.6. The quantitative estimate of drug-likeness (QED) is 0.352. The fraction of sp³-hybridized carbons (Fsp3) is 0.545. The van der Waals surface area contributed by atoms with Gasteiger partial charge in [-0.3, -0.25) is 9.59 Å². The Balaban J connectivity index is 2.88. The molecular formula is C22H30O9. The normalized spacial score (nSPS) is 11.7. The van der Waals surface area contributed by atoms with E-state index in [0.717, 1.165) is 0 Å². The Labute approximate surface area is 181 Å². The molecule has 9 heteroatoms. The molecule has 31 heavy (non-hydrogen) atoms. The van der Waals surface area contributed by atoms with Gasteiger partial charge in [0.25, 0.3) is 0 Å². The number of ether oxygens (including phenoxy) is 4. The maximum Gasteiger partial charge on any atom is 0.332 e. The average Bonchev–Trinajstić information content (AvgIpc) is 2.57. The number of rotatable bonds is 9. The largest absolute Gasteiger partial charge is 0.480 e. The lowest BCUT2D eigenvalue weighted by Crippen LogP contribution is -2.35. The Morgan fingerprint density at radius 2 is 1.32 bits per heavy atom. The molecule has 0 aliphatic carbocycles. The number of hydrogen-bond donors (Lipinski definition) is 1. The predicted molar refractivity (Wildman–Crippen MR) is 109 cm³/mol. The SMILES string of the molecule is CC(C)(C)OC(=O)C(C(=O)OC(C)(C)C)c1ccc(COC(=O)COCC(=O)O)cc1. The highest BCUT2D eigenvalue weighted by atomic mass is 16.6. The first-order chi connectivity index (χ1) is 14.2. The number of aliphatic carboxylic acids is 1. The second-order valence-corrected chi connectivity index (χ2v) is 8.79. The van der Waals surface area contributed by atoms with E-state index in [1.54, 1.807) is 65.8 Å². The van der Waals surface area contributed by atoms with Crippen molar-refractivity contribution in [3.8, 4) is 0 Å². The smallest absolute Gasteiger partial charge is 0.332 e. The molecule has 0 aromatic heterocycles. The lowest BCUT2D eigenvalue weighted by molar-refractivity contribution is -0.169. The molecule has 1 aromatic rings. The summed E-state index contributed by atoms with van der Waals surface area (Å²) in [5.41, 5.74) is -0.589. The Bertz CT molecular complexity index is 755. The summed E-state index contributed by atoms with van der Waals surface area (Å²) in [7, 11) is 0. The second kappa shape index (κ2) is 10.9. The van der Waals surface area contributed by atoms with Gasteiger partial charge in [-0.05, 0) is 52.7 Å². The van der Waals surface area contributed by atoms with Gasteiger partial charge in [0.05, 0.1) is 0 Å². The Morgan fingerprint density at radius 1 is 0.839 bits per heavy atom. The minimum absolute atomic E-state index is 0.0842. The zero-order chi connectivity index (χ0) is 23.8. The molecule has 0 atom stereocenters. The summed E-state index contributed by atoms with van der Waals surface area (Å²) in [6.45, 7) is 9.05. The summed E-state index contributed by atoms with van der Waals surface area (Å²) in [6, 6.07) is 6.32. The van der Waals surface area contributed by atoms with E-state index in [1.165, 1.54) is 0 Å². The van der Waals surface area contributed by atoms with Crippen molar-refractivity contribution in [2.75, 3.05) is 13.2 Å². The number of carboxylic acid groups (broad SMARTS) is 1. The molecule has 0 aliphatic rings. The Hall–Kier alpha value is -2.94. The third-order valence-corrected chi connectivity index (χ3v) is 3.44. The molecule has 1 rings (SSSR count). The summed E-state index contributed by atoms with van der Waals surface area (Å²) in [5, 5.41) is 8.46. The number of carboxylic acids is 1. The molecule has 0 saturated heterocycles. The Kier molecular flexibility index (Phi) is 9.18. The second-order valence-electron chi connectivity index (χ2n) is 8.79. The monoisotopic (exact) mass is 438 g/mol. The van der Waals surface area contributed by atoms with E-state index in [4.69, 9.17) is 19.3 Å². The van der Waals surface area contributed by atoms with Crippen molar-refractivity contribution < 1.29 is 43.2 Å². The average molecular weight is 438 g/mol. The minimum atomic E-state index is -1.26. The van der Waals surface area contributed by atoms with Crippen LogP contribution in [-0.2, 0) is 44.7 Å². The predicted octanol–water partition coefficient (Wildman–Crippen LogP) is 2.60. The fourth-order valence-corrected chi connectivity index (χ4v) is 2.32. The van der Waals surface area contributed by atoms with Crippen LogP contribution in [0.2, 0.25) is 0 Å². The van der Waals surface area contributed by atoms with Gasteiger partial charge >= 0.3 is 23.9 Å². The summed E-state index contributed by atoms with van der Waals surface area (Å²) < 4.78 is 20.4. The third-order valence-electron chi connectivity index (χ3n) is 3.44. The van der Waals surface area contributed by atoms with Gasteiger partial charge in [0.15, 0.2) is 5.92 Å². The summed E-state index contributed by atoms with van der Waals surface area (Å²) >= 11 is 0. The molecule has 9 nitrogen and oxygen atoms in total. The molecular weight excluding hydrogens is 408 g/mol. The van der Waals surface area contributed by atoms with Gasteiger partial charge < -0.3 is 24.1 Å². The molecule has 0 amide bonds. The van der Waals surface area contributed by atoms with Crippen LogP contribution in [0, 0.1) is 0 Å². The zero-order valence-corrected chi connectivity index (χ0v) is 18.7. The highest BCUT2D eigenvalue weighted by Crippen LogP contribution is 2.25. The highest BCUT2D eigenvalue weighted by Gasteiger charge is 2.36. The zero-order valence-electron chi connectivity index (χ0n) is 18.7. The van der Waals surface area contributed by atoms with Crippen LogP contribution in [0.25, 0.3) is 0 Å². The standard InChI is InChI=1S/C22H30O9/c1-21(2,3)30-19(26)18(20(27)31-22(4,5)6)15-9-7-14(8-10-15)11-29-17(25)13-28-12-16(23)24/h7-10,18H,11-13H2,1-6H3,(H,23,24). The van der Waals surface area contributed by atoms with Gasteiger partial charge in [0, 0.05) is 0 Å². The molecule has 172 valence electrons. The van der Waals surface area contributed by atoms with E-state index in [0.29, 0.717) is 11.1 Å². The first-order valence-corrected chi connectivity index (χ1v) is 9.67. The fourth-order valence-electron chi connectivity index (χ4n) is 2.32. The van der Waals surface area contributed by atoms with E-state index in [9.17, 15) is 19.2 Å². The number of carbonyl (C=O) groups excluding carboxylic acids is 3. The van der Waals surface area contributed by atoms with Crippen molar-refractivity contribution in [3.05, 3.63) is 35.4 Å². The summed E-state index contributed by atoms with van der Waals surface area (Å²) in [6.07, 6.45) is 0. The molecule has 0 bridgehead atoms. The number of benzene rings is 1. The van der Waals surface area contributed by atoms with Crippen LogP contribution < -0.4 is 0 Å². The van der Waals surface area contributed by atoms with Gasteiger partial charge in [0.2, 0.25) is 0 Å². The maximum absolute atomic E-state index is 12.7. The van der Waals surface area contributed by atoms with E-state index in [-0.39, 0.29) is 6.61 Å². The van der Waals surface area contributed by atoms with Crippen molar-refractivity contribution in [1.29, 1.82) is 0 Å². The molecule has 0 radical (unpaired) electrons.